The molecule has 0 aliphatic carbocycles. The topological polar surface area (TPSA) is 72.3 Å². The average Bonchev–Trinajstić information content (AvgIpc) is 2.78. The molecule has 0 bridgehead atoms. The van der Waals surface area contributed by atoms with E-state index in [1.54, 1.807) is 11.3 Å². The molecule has 1 aromatic heterocycles. The van der Waals surface area contributed by atoms with Gasteiger partial charge in [-0.2, -0.15) is 0 Å². The quantitative estimate of drug-likeness (QED) is 0.862. The summed E-state index contributed by atoms with van der Waals surface area (Å²) in [5.74, 6) is 0.277. The Morgan fingerprint density at radius 2 is 2.21 bits per heavy atom. The van der Waals surface area contributed by atoms with E-state index in [4.69, 9.17) is 11.5 Å². The summed E-state index contributed by atoms with van der Waals surface area (Å²) in [7, 11) is 0. The second-order valence-electron chi connectivity index (χ2n) is 5.37. The minimum absolute atomic E-state index is 0.178. The monoisotopic (exact) mass is 281 g/mol. The van der Waals surface area contributed by atoms with Crippen LogP contribution in [0.5, 0.6) is 0 Å². The number of carbonyl (C=O) groups excluding carboxylic acids is 1. The Kier molecular flexibility index (Phi) is 4.96. The van der Waals surface area contributed by atoms with Gasteiger partial charge < -0.3 is 11.5 Å². The van der Waals surface area contributed by atoms with Crippen molar-refractivity contribution in [1.82, 2.24) is 4.90 Å². The lowest BCUT2D eigenvalue weighted by molar-refractivity contribution is -0.119. The van der Waals surface area contributed by atoms with Gasteiger partial charge >= 0.3 is 0 Å². The van der Waals surface area contributed by atoms with E-state index >= 15 is 0 Å². The molecule has 0 aromatic carbocycles. The molecular weight excluding hydrogens is 258 g/mol. The number of aryl methyl sites for hydroxylation is 1. The molecule has 106 valence electrons. The highest BCUT2D eigenvalue weighted by molar-refractivity contribution is 7.10. The maximum atomic E-state index is 11.0. The number of nitrogens with zero attached hydrogens (tertiary/aromatic N) is 1. The van der Waals surface area contributed by atoms with E-state index in [0.29, 0.717) is 24.9 Å². The first-order valence-electron chi connectivity index (χ1n) is 6.88. The third kappa shape index (κ3) is 3.55. The van der Waals surface area contributed by atoms with Crippen LogP contribution in [0.25, 0.3) is 0 Å². The van der Waals surface area contributed by atoms with Crippen molar-refractivity contribution in [3.05, 3.63) is 21.9 Å². The van der Waals surface area contributed by atoms with Gasteiger partial charge in [0.1, 0.15) is 0 Å². The van der Waals surface area contributed by atoms with Crippen LogP contribution >= 0.6 is 11.3 Å². The van der Waals surface area contributed by atoms with Gasteiger partial charge in [-0.25, -0.2) is 0 Å². The van der Waals surface area contributed by atoms with Crippen molar-refractivity contribution in [1.29, 1.82) is 0 Å². The van der Waals surface area contributed by atoms with Gasteiger partial charge in [-0.05, 0) is 55.8 Å². The van der Waals surface area contributed by atoms with Crippen LogP contribution in [0.2, 0.25) is 0 Å². The molecular formula is C14H23N3OS. The summed E-state index contributed by atoms with van der Waals surface area (Å²) >= 11 is 1.79. The summed E-state index contributed by atoms with van der Waals surface area (Å²) in [6.45, 7) is 4.82. The van der Waals surface area contributed by atoms with Gasteiger partial charge in [-0.3, -0.25) is 9.69 Å². The maximum Gasteiger partial charge on any atom is 0.217 e. The average molecular weight is 281 g/mol. The van der Waals surface area contributed by atoms with E-state index in [2.05, 4.69) is 23.3 Å². The number of nitrogens with two attached hydrogens (primary N) is 2. The fourth-order valence-corrected chi connectivity index (χ4v) is 3.98. The number of primary amides is 1. The zero-order valence-electron chi connectivity index (χ0n) is 11.5. The SMILES string of the molecule is Cc1ccsc1C(CN)N1CCC(CC(N)=O)CC1. The molecule has 1 amide bonds. The third-order valence-corrected chi connectivity index (χ3v) is 5.13. The van der Waals surface area contributed by atoms with Crippen LogP contribution in [0.1, 0.15) is 35.7 Å². The van der Waals surface area contributed by atoms with Gasteiger partial charge in [0.05, 0.1) is 6.04 Å². The maximum absolute atomic E-state index is 11.0. The van der Waals surface area contributed by atoms with Gasteiger partial charge in [0.2, 0.25) is 5.91 Å². The number of carbonyl (C=O) groups is 1. The van der Waals surface area contributed by atoms with Crippen LogP contribution in [0, 0.1) is 12.8 Å². The summed E-state index contributed by atoms with van der Waals surface area (Å²) in [4.78, 5) is 14.8. The van der Waals surface area contributed by atoms with E-state index in [-0.39, 0.29) is 5.91 Å². The molecule has 0 saturated carbocycles. The summed E-state index contributed by atoms with van der Waals surface area (Å²) in [6, 6.07) is 2.48. The highest BCUT2D eigenvalue weighted by Gasteiger charge is 2.27. The lowest BCUT2D eigenvalue weighted by atomic mass is 9.92. The number of piperidine rings is 1. The molecule has 4 N–H and O–H groups in total. The fourth-order valence-electron chi connectivity index (χ4n) is 2.90. The molecule has 1 fully saturated rings. The highest BCUT2D eigenvalue weighted by Crippen LogP contribution is 2.31. The van der Waals surface area contributed by atoms with E-state index in [1.165, 1.54) is 10.4 Å². The second kappa shape index (κ2) is 6.50. The number of likely N-dealkylation sites (tertiary alicyclic amines) is 1. The number of amides is 1. The van der Waals surface area contributed by atoms with Crippen LogP contribution in [0.4, 0.5) is 0 Å². The zero-order chi connectivity index (χ0) is 13.8. The molecule has 19 heavy (non-hydrogen) atoms. The van der Waals surface area contributed by atoms with E-state index in [9.17, 15) is 4.79 Å². The number of rotatable bonds is 5. The lowest BCUT2D eigenvalue weighted by Gasteiger charge is -2.36. The molecule has 0 radical (unpaired) electrons. The molecule has 5 heteroatoms. The first kappa shape index (κ1) is 14.5. The van der Waals surface area contributed by atoms with Gasteiger partial charge in [0, 0.05) is 17.8 Å². The Labute approximate surface area is 118 Å². The zero-order valence-corrected chi connectivity index (χ0v) is 12.3. The third-order valence-electron chi connectivity index (χ3n) is 4.01. The second-order valence-corrected chi connectivity index (χ2v) is 6.32. The molecule has 4 nitrogen and oxygen atoms in total. The summed E-state index contributed by atoms with van der Waals surface area (Å²) < 4.78 is 0. The minimum atomic E-state index is -0.178. The molecule has 1 saturated heterocycles. The Hall–Kier alpha value is -0.910. The highest BCUT2D eigenvalue weighted by atomic mass is 32.1. The molecule has 1 atom stereocenters. The molecule has 0 spiro atoms. The Morgan fingerprint density at radius 3 is 2.68 bits per heavy atom. The normalized spacial score (nSPS) is 19.5. The van der Waals surface area contributed by atoms with Crippen molar-refractivity contribution >= 4 is 17.2 Å². The number of thiophene rings is 1. The largest absolute Gasteiger partial charge is 0.370 e. The molecule has 1 aliphatic heterocycles. The Balaban J connectivity index is 1.96. The van der Waals surface area contributed by atoms with Gasteiger partial charge in [-0.15, -0.1) is 11.3 Å². The predicted molar refractivity (Wildman–Crippen MR) is 79.0 cm³/mol. The van der Waals surface area contributed by atoms with Crippen LogP contribution < -0.4 is 11.5 Å². The minimum Gasteiger partial charge on any atom is -0.370 e. The van der Waals surface area contributed by atoms with Crippen LogP contribution in [-0.4, -0.2) is 30.4 Å². The first-order chi connectivity index (χ1) is 9.11. The van der Waals surface area contributed by atoms with Crippen molar-refractivity contribution in [3.63, 3.8) is 0 Å². The fraction of sp³-hybridized carbons (Fsp3) is 0.643. The van der Waals surface area contributed by atoms with Gasteiger partial charge in [0.25, 0.3) is 0 Å². The van der Waals surface area contributed by atoms with Crippen molar-refractivity contribution < 1.29 is 4.79 Å². The van der Waals surface area contributed by atoms with Crippen molar-refractivity contribution in [2.45, 2.75) is 32.2 Å². The smallest absolute Gasteiger partial charge is 0.217 e. The molecule has 1 unspecified atom stereocenters. The van der Waals surface area contributed by atoms with Crippen molar-refractivity contribution in [3.8, 4) is 0 Å². The lowest BCUT2D eigenvalue weighted by Crippen LogP contribution is -2.40. The van der Waals surface area contributed by atoms with E-state index in [0.717, 1.165) is 25.9 Å². The van der Waals surface area contributed by atoms with Crippen LogP contribution in [0.3, 0.4) is 0 Å². The van der Waals surface area contributed by atoms with Crippen LogP contribution in [0.15, 0.2) is 11.4 Å². The standard InChI is InChI=1S/C14H23N3OS/c1-10-4-7-19-14(10)12(9-15)17-5-2-11(3-6-17)8-13(16)18/h4,7,11-12H,2-3,5-6,8-9,15H2,1H3,(H2,16,18). The van der Waals surface area contributed by atoms with E-state index in [1.807, 2.05) is 0 Å². The Bertz CT molecular complexity index is 424. The summed E-state index contributed by atoms with van der Waals surface area (Å²) in [6.07, 6.45) is 2.62. The van der Waals surface area contributed by atoms with Gasteiger partial charge in [0.15, 0.2) is 0 Å². The number of hydrogen-bond acceptors (Lipinski definition) is 4. The van der Waals surface area contributed by atoms with Crippen molar-refractivity contribution in [2.75, 3.05) is 19.6 Å². The molecule has 2 heterocycles. The van der Waals surface area contributed by atoms with E-state index < -0.39 is 0 Å². The first-order valence-corrected chi connectivity index (χ1v) is 7.76. The molecule has 1 aliphatic rings. The van der Waals surface area contributed by atoms with Crippen LogP contribution in [-0.2, 0) is 4.79 Å². The Morgan fingerprint density at radius 1 is 1.53 bits per heavy atom. The predicted octanol–water partition coefficient (Wildman–Crippen LogP) is 1.64. The molecule has 1 aromatic rings. The van der Waals surface area contributed by atoms with Gasteiger partial charge in [-0.1, -0.05) is 0 Å². The van der Waals surface area contributed by atoms with Crippen molar-refractivity contribution in [2.24, 2.45) is 17.4 Å². The number of hydrogen-bond donors (Lipinski definition) is 2. The molecule has 2 rings (SSSR count). The summed E-state index contributed by atoms with van der Waals surface area (Å²) in [5, 5.41) is 2.13. The summed E-state index contributed by atoms with van der Waals surface area (Å²) in [5.41, 5.74) is 12.6.